The monoisotopic (exact) mass is 486 g/mol. The van der Waals surface area contributed by atoms with Crippen molar-refractivity contribution in [2.24, 2.45) is 5.41 Å². The molecule has 2 unspecified atom stereocenters. The summed E-state index contributed by atoms with van der Waals surface area (Å²) in [5.41, 5.74) is 3.38. The average molecular weight is 487 g/mol. The molecular weight excluding hydrogens is 456 g/mol. The molecule has 0 aliphatic heterocycles. The van der Waals surface area contributed by atoms with E-state index in [1.807, 2.05) is 61.7 Å². The van der Waals surface area contributed by atoms with Crippen LogP contribution in [0.3, 0.4) is 0 Å². The molecule has 2 atom stereocenters. The Bertz CT molecular complexity index is 1280. The average Bonchev–Trinajstić information content (AvgIpc) is 3.34. The van der Waals surface area contributed by atoms with Gasteiger partial charge in [-0.25, -0.2) is 0 Å². The predicted molar refractivity (Wildman–Crippen MR) is 136 cm³/mol. The Morgan fingerprint density at radius 3 is 2.06 bits per heavy atom. The first-order chi connectivity index (χ1) is 17.0. The molecule has 8 nitrogen and oxygen atoms in total. The lowest BCUT2D eigenvalue weighted by Gasteiger charge is -2.31. The van der Waals surface area contributed by atoms with Crippen LogP contribution in [0.25, 0.3) is 16.8 Å². The summed E-state index contributed by atoms with van der Waals surface area (Å²) in [4.78, 5) is 37.1. The third kappa shape index (κ3) is 6.19. The molecule has 8 heteroatoms. The molecule has 0 spiro atoms. The van der Waals surface area contributed by atoms with Crippen LogP contribution in [-0.4, -0.2) is 40.5 Å². The van der Waals surface area contributed by atoms with E-state index >= 15 is 0 Å². The Morgan fingerprint density at radius 2 is 1.56 bits per heavy atom. The second-order valence-electron chi connectivity index (χ2n) is 9.66. The van der Waals surface area contributed by atoms with Gasteiger partial charge in [0.25, 0.3) is 0 Å². The first-order valence-corrected chi connectivity index (χ1v) is 11.6. The molecule has 0 bridgehead atoms. The Morgan fingerprint density at radius 1 is 0.972 bits per heavy atom. The van der Waals surface area contributed by atoms with Gasteiger partial charge in [-0.3, -0.25) is 14.4 Å². The van der Waals surface area contributed by atoms with Crippen molar-refractivity contribution in [2.75, 3.05) is 7.05 Å². The number of likely N-dealkylation sites (N-methyl/N-ethyl adjacent to an activating group) is 1. The first-order valence-electron chi connectivity index (χ1n) is 11.6. The zero-order chi connectivity index (χ0) is 26.5. The Kier molecular flexibility index (Phi) is 7.95. The van der Waals surface area contributed by atoms with Crippen LogP contribution in [-0.2, 0) is 14.4 Å². The van der Waals surface area contributed by atoms with E-state index in [0.717, 1.165) is 16.8 Å². The summed E-state index contributed by atoms with van der Waals surface area (Å²) in [6.45, 7) is 5.49. The predicted octanol–water partition coefficient (Wildman–Crippen LogP) is 3.85. The van der Waals surface area contributed by atoms with Crippen molar-refractivity contribution in [1.29, 1.82) is 5.26 Å². The lowest BCUT2D eigenvalue weighted by molar-refractivity contribution is -0.140. The van der Waals surface area contributed by atoms with Gasteiger partial charge < -0.3 is 20.3 Å². The second kappa shape index (κ2) is 10.9. The largest absolute Gasteiger partial charge is 0.481 e. The SMILES string of the molecule is CNC(=O)C(NC(=O)C(CC(=O)O)c1ccn(-c2ccc(-c3ccc(C#N)cc3)cc2)c1)C(C)(C)C. The van der Waals surface area contributed by atoms with Crippen molar-refractivity contribution < 1.29 is 19.5 Å². The third-order valence-corrected chi connectivity index (χ3v) is 5.99. The lowest BCUT2D eigenvalue weighted by Crippen LogP contribution is -2.54. The summed E-state index contributed by atoms with van der Waals surface area (Å²) >= 11 is 0. The van der Waals surface area contributed by atoms with E-state index in [9.17, 15) is 19.5 Å². The Balaban J connectivity index is 1.84. The number of hydrogen-bond acceptors (Lipinski definition) is 4. The van der Waals surface area contributed by atoms with Gasteiger partial charge >= 0.3 is 5.97 Å². The minimum absolute atomic E-state index is 0.343. The highest BCUT2D eigenvalue weighted by Crippen LogP contribution is 2.26. The number of nitriles is 1. The Labute approximate surface area is 210 Å². The lowest BCUT2D eigenvalue weighted by atomic mass is 9.85. The van der Waals surface area contributed by atoms with Gasteiger partial charge in [0.1, 0.15) is 6.04 Å². The molecule has 0 fully saturated rings. The molecule has 0 saturated heterocycles. The van der Waals surface area contributed by atoms with E-state index in [4.69, 9.17) is 5.26 Å². The van der Waals surface area contributed by atoms with Crippen molar-refractivity contribution in [2.45, 2.75) is 39.2 Å². The molecule has 3 rings (SSSR count). The van der Waals surface area contributed by atoms with Crippen molar-refractivity contribution in [3.8, 4) is 22.9 Å². The van der Waals surface area contributed by atoms with E-state index in [1.54, 1.807) is 30.6 Å². The van der Waals surface area contributed by atoms with E-state index in [1.165, 1.54) is 7.05 Å². The van der Waals surface area contributed by atoms with Crippen molar-refractivity contribution >= 4 is 17.8 Å². The number of carboxylic acids is 1. The molecule has 0 aliphatic carbocycles. The van der Waals surface area contributed by atoms with Crippen molar-refractivity contribution in [3.63, 3.8) is 0 Å². The molecule has 1 heterocycles. The third-order valence-electron chi connectivity index (χ3n) is 5.99. The number of carbonyl (C=O) groups is 3. The van der Waals surface area contributed by atoms with Crippen LogP contribution in [0, 0.1) is 16.7 Å². The van der Waals surface area contributed by atoms with Crippen LogP contribution in [0.5, 0.6) is 0 Å². The van der Waals surface area contributed by atoms with Crippen molar-refractivity contribution in [3.05, 3.63) is 78.1 Å². The number of hydrogen-bond donors (Lipinski definition) is 3. The van der Waals surface area contributed by atoms with Gasteiger partial charge in [0, 0.05) is 25.1 Å². The molecule has 2 aromatic carbocycles. The van der Waals surface area contributed by atoms with E-state index < -0.39 is 35.7 Å². The molecule has 1 aromatic heterocycles. The van der Waals surface area contributed by atoms with Gasteiger partial charge in [0.2, 0.25) is 11.8 Å². The number of carbonyl (C=O) groups excluding carboxylic acids is 2. The van der Waals surface area contributed by atoms with Crippen LogP contribution in [0.4, 0.5) is 0 Å². The zero-order valence-corrected chi connectivity index (χ0v) is 20.8. The highest BCUT2D eigenvalue weighted by molar-refractivity contribution is 5.92. The summed E-state index contributed by atoms with van der Waals surface area (Å²) in [7, 11) is 1.49. The first kappa shape index (κ1) is 26.2. The fourth-order valence-electron chi connectivity index (χ4n) is 3.94. The van der Waals surface area contributed by atoms with Crippen LogP contribution in [0.15, 0.2) is 67.0 Å². The minimum Gasteiger partial charge on any atom is -0.481 e. The Hall–Kier alpha value is -4.38. The topological polar surface area (TPSA) is 124 Å². The molecule has 2 amide bonds. The fourth-order valence-corrected chi connectivity index (χ4v) is 3.94. The van der Waals surface area contributed by atoms with E-state index in [2.05, 4.69) is 16.7 Å². The standard InChI is InChI=1S/C28H30N4O4/c1-28(2,3)25(27(36)30-4)31-26(35)23(15-24(33)34)21-13-14-32(17-21)22-11-9-20(10-12-22)19-7-5-18(16-29)6-8-19/h5-14,17,23,25H,15H2,1-4H3,(H,30,36)(H,31,35)(H,33,34). The summed E-state index contributed by atoms with van der Waals surface area (Å²) < 4.78 is 1.82. The molecule has 3 N–H and O–H groups in total. The molecule has 0 saturated carbocycles. The van der Waals surface area contributed by atoms with Gasteiger partial charge in [-0.2, -0.15) is 5.26 Å². The van der Waals surface area contributed by atoms with Crippen LogP contribution in [0.1, 0.15) is 44.2 Å². The molecule has 36 heavy (non-hydrogen) atoms. The molecule has 0 radical (unpaired) electrons. The van der Waals surface area contributed by atoms with Gasteiger partial charge in [-0.05, 0) is 52.4 Å². The minimum atomic E-state index is -1.11. The highest BCUT2D eigenvalue weighted by atomic mass is 16.4. The maximum absolute atomic E-state index is 13.2. The van der Waals surface area contributed by atoms with E-state index in [-0.39, 0.29) is 5.91 Å². The van der Waals surface area contributed by atoms with Crippen LogP contribution in [0.2, 0.25) is 0 Å². The van der Waals surface area contributed by atoms with Gasteiger partial charge in [-0.1, -0.05) is 45.0 Å². The summed E-state index contributed by atoms with van der Waals surface area (Å²) in [6, 6.07) is 18.1. The van der Waals surface area contributed by atoms with Gasteiger partial charge in [0.05, 0.1) is 24.0 Å². The molecule has 186 valence electrons. The van der Waals surface area contributed by atoms with Gasteiger partial charge in [0.15, 0.2) is 0 Å². The van der Waals surface area contributed by atoms with Crippen molar-refractivity contribution in [1.82, 2.24) is 15.2 Å². The number of benzene rings is 2. The molecule has 0 aliphatic rings. The summed E-state index contributed by atoms with van der Waals surface area (Å²) in [5.74, 6) is -2.93. The van der Waals surface area contributed by atoms with Gasteiger partial charge in [-0.15, -0.1) is 0 Å². The normalized spacial score (nSPS) is 12.8. The van der Waals surface area contributed by atoms with Crippen LogP contribution < -0.4 is 10.6 Å². The number of nitrogens with zero attached hydrogens (tertiary/aromatic N) is 2. The number of aliphatic carboxylic acids is 1. The number of rotatable bonds is 8. The maximum Gasteiger partial charge on any atom is 0.304 e. The summed E-state index contributed by atoms with van der Waals surface area (Å²) in [6.07, 6.45) is 3.10. The fraction of sp³-hybridized carbons (Fsp3) is 0.286. The quantitative estimate of drug-likeness (QED) is 0.446. The number of carboxylic acid groups (broad SMARTS) is 1. The summed E-state index contributed by atoms with van der Waals surface area (Å²) in [5, 5.41) is 23.7. The maximum atomic E-state index is 13.2. The number of nitrogens with one attached hydrogen (secondary N) is 2. The number of amides is 2. The highest BCUT2D eigenvalue weighted by Gasteiger charge is 2.35. The van der Waals surface area contributed by atoms with E-state index in [0.29, 0.717) is 11.1 Å². The molecular formula is C28H30N4O4. The smallest absolute Gasteiger partial charge is 0.304 e. The van der Waals surface area contributed by atoms with Crippen LogP contribution >= 0.6 is 0 Å². The second-order valence-corrected chi connectivity index (χ2v) is 9.66. The zero-order valence-electron chi connectivity index (χ0n) is 20.8. The number of aromatic nitrogens is 1. The molecule has 3 aromatic rings.